The molecule has 80 valence electrons. The molecule has 0 aromatic heterocycles. The fraction of sp³-hybridized carbons (Fsp3) is 0.182. The molecule has 1 rings (SSSR count). The van der Waals surface area contributed by atoms with Gasteiger partial charge in [0.15, 0.2) is 0 Å². The molecule has 1 aromatic rings. The summed E-state index contributed by atoms with van der Waals surface area (Å²) in [5.41, 5.74) is 1.33. The second kappa shape index (κ2) is 5.17. The first-order valence-electron chi connectivity index (χ1n) is 4.51. The fourth-order valence-corrected chi connectivity index (χ4v) is 1.05. The normalized spacial score (nSPS) is 9.47. The van der Waals surface area contributed by atoms with Gasteiger partial charge in [0.05, 0.1) is 11.3 Å². The first-order valence-corrected chi connectivity index (χ1v) is 4.51. The standard InChI is InChI=1S/C11H14N2O2/c1-3-8-15-11(14)9-4-6-10(7-5-9)13(2)12/h3-7H,1,8,12H2,2H3. The number of anilines is 1. The highest BCUT2D eigenvalue weighted by Crippen LogP contribution is 2.11. The molecular weight excluding hydrogens is 192 g/mol. The minimum absolute atomic E-state index is 0.220. The summed E-state index contributed by atoms with van der Waals surface area (Å²) < 4.78 is 4.88. The summed E-state index contributed by atoms with van der Waals surface area (Å²) in [5.74, 6) is 5.16. The van der Waals surface area contributed by atoms with Crippen molar-refractivity contribution < 1.29 is 9.53 Å². The van der Waals surface area contributed by atoms with Crippen molar-refractivity contribution in [3.8, 4) is 0 Å². The molecule has 0 amide bonds. The molecule has 0 heterocycles. The third-order valence-corrected chi connectivity index (χ3v) is 1.84. The van der Waals surface area contributed by atoms with E-state index in [1.54, 1.807) is 31.3 Å². The van der Waals surface area contributed by atoms with E-state index >= 15 is 0 Å². The van der Waals surface area contributed by atoms with Crippen LogP contribution in [0.2, 0.25) is 0 Å². The number of esters is 1. The lowest BCUT2D eigenvalue weighted by molar-refractivity contribution is 0.0550. The van der Waals surface area contributed by atoms with Crippen molar-refractivity contribution in [2.45, 2.75) is 0 Å². The first-order chi connectivity index (χ1) is 7.15. The van der Waals surface area contributed by atoms with Crippen LogP contribution in [-0.2, 0) is 4.74 Å². The zero-order valence-corrected chi connectivity index (χ0v) is 8.64. The average Bonchev–Trinajstić information content (AvgIpc) is 2.26. The number of carbonyl (C=O) groups excluding carboxylic acids is 1. The number of hydrogen-bond donors (Lipinski definition) is 1. The smallest absolute Gasteiger partial charge is 0.338 e. The summed E-state index contributed by atoms with van der Waals surface area (Å²) in [5, 5.41) is 1.47. The van der Waals surface area contributed by atoms with Gasteiger partial charge in [-0.15, -0.1) is 0 Å². The molecule has 0 spiro atoms. The highest BCUT2D eigenvalue weighted by molar-refractivity contribution is 5.89. The summed E-state index contributed by atoms with van der Waals surface area (Å²) >= 11 is 0. The molecular formula is C11H14N2O2. The van der Waals surface area contributed by atoms with Gasteiger partial charge in [0, 0.05) is 7.05 Å². The molecule has 15 heavy (non-hydrogen) atoms. The van der Waals surface area contributed by atoms with E-state index in [1.165, 1.54) is 11.1 Å². The van der Waals surface area contributed by atoms with Gasteiger partial charge in [0.1, 0.15) is 6.61 Å². The Morgan fingerprint density at radius 2 is 2.13 bits per heavy atom. The van der Waals surface area contributed by atoms with Crippen LogP contribution in [0.3, 0.4) is 0 Å². The van der Waals surface area contributed by atoms with Crippen molar-refractivity contribution in [2.75, 3.05) is 18.7 Å². The van der Waals surface area contributed by atoms with Crippen molar-refractivity contribution in [2.24, 2.45) is 5.84 Å². The maximum Gasteiger partial charge on any atom is 0.338 e. The maximum atomic E-state index is 11.4. The van der Waals surface area contributed by atoms with Crippen LogP contribution >= 0.6 is 0 Å². The van der Waals surface area contributed by atoms with Gasteiger partial charge in [-0.1, -0.05) is 12.7 Å². The Bertz CT molecular complexity index is 344. The zero-order valence-electron chi connectivity index (χ0n) is 8.64. The molecule has 0 aliphatic carbocycles. The lowest BCUT2D eigenvalue weighted by Gasteiger charge is -2.11. The lowest BCUT2D eigenvalue weighted by atomic mass is 10.2. The second-order valence-electron chi connectivity index (χ2n) is 3.04. The highest BCUT2D eigenvalue weighted by Gasteiger charge is 2.05. The predicted molar refractivity (Wildman–Crippen MR) is 59.5 cm³/mol. The molecule has 0 atom stereocenters. The Hall–Kier alpha value is -1.81. The van der Waals surface area contributed by atoms with E-state index < -0.39 is 0 Å². The number of nitrogens with zero attached hydrogens (tertiary/aromatic N) is 1. The molecule has 4 heteroatoms. The molecule has 0 bridgehead atoms. The average molecular weight is 206 g/mol. The van der Waals surface area contributed by atoms with Crippen LogP contribution in [0.4, 0.5) is 5.69 Å². The first kappa shape index (κ1) is 11.3. The SMILES string of the molecule is C=CCOC(=O)c1ccc(N(C)N)cc1. The number of rotatable bonds is 4. The van der Waals surface area contributed by atoms with Gasteiger partial charge in [-0.25, -0.2) is 10.6 Å². The van der Waals surface area contributed by atoms with Crippen LogP contribution < -0.4 is 10.9 Å². The summed E-state index contributed by atoms with van der Waals surface area (Å²) in [6.07, 6.45) is 1.53. The molecule has 0 radical (unpaired) electrons. The molecule has 4 nitrogen and oxygen atoms in total. The predicted octanol–water partition coefficient (Wildman–Crippen LogP) is 1.34. The molecule has 1 aromatic carbocycles. The van der Waals surface area contributed by atoms with Gasteiger partial charge in [-0.3, -0.25) is 0 Å². The topological polar surface area (TPSA) is 55.6 Å². The van der Waals surface area contributed by atoms with Crippen LogP contribution in [0.5, 0.6) is 0 Å². The Morgan fingerprint density at radius 1 is 1.53 bits per heavy atom. The van der Waals surface area contributed by atoms with Gasteiger partial charge in [0.25, 0.3) is 0 Å². The number of ether oxygens (including phenoxy) is 1. The molecule has 0 saturated heterocycles. The van der Waals surface area contributed by atoms with Gasteiger partial charge in [0.2, 0.25) is 0 Å². The minimum atomic E-state index is -0.360. The molecule has 0 aliphatic rings. The summed E-state index contributed by atoms with van der Waals surface area (Å²) in [6.45, 7) is 3.68. The van der Waals surface area contributed by atoms with Gasteiger partial charge >= 0.3 is 5.97 Å². The summed E-state index contributed by atoms with van der Waals surface area (Å²) in [6, 6.07) is 6.85. The molecule has 0 unspecified atom stereocenters. The van der Waals surface area contributed by atoms with Crippen molar-refractivity contribution in [3.05, 3.63) is 42.5 Å². The van der Waals surface area contributed by atoms with Crippen LogP contribution in [-0.4, -0.2) is 19.6 Å². The number of hydrogen-bond acceptors (Lipinski definition) is 4. The van der Waals surface area contributed by atoms with Crippen LogP contribution in [0.15, 0.2) is 36.9 Å². The third kappa shape index (κ3) is 3.11. The van der Waals surface area contributed by atoms with E-state index in [2.05, 4.69) is 6.58 Å². The largest absolute Gasteiger partial charge is 0.458 e. The number of benzene rings is 1. The number of nitrogens with two attached hydrogens (primary N) is 1. The van der Waals surface area contributed by atoms with Crippen molar-refractivity contribution in [3.63, 3.8) is 0 Å². The van der Waals surface area contributed by atoms with Gasteiger partial charge in [-0.2, -0.15) is 0 Å². The van der Waals surface area contributed by atoms with Crippen LogP contribution in [0, 0.1) is 0 Å². The Morgan fingerprint density at radius 3 is 2.60 bits per heavy atom. The Labute approximate surface area is 88.9 Å². The monoisotopic (exact) mass is 206 g/mol. The maximum absolute atomic E-state index is 11.4. The highest BCUT2D eigenvalue weighted by atomic mass is 16.5. The van der Waals surface area contributed by atoms with E-state index in [-0.39, 0.29) is 12.6 Å². The second-order valence-corrected chi connectivity index (χ2v) is 3.04. The van der Waals surface area contributed by atoms with Crippen molar-refractivity contribution in [1.29, 1.82) is 0 Å². The van der Waals surface area contributed by atoms with E-state index in [4.69, 9.17) is 10.6 Å². The van der Waals surface area contributed by atoms with Crippen LogP contribution in [0.1, 0.15) is 10.4 Å². The zero-order chi connectivity index (χ0) is 11.3. The lowest BCUT2D eigenvalue weighted by Crippen LogP contribution is -2.24. The van der Waals surface area contributed by atoms with Gasteiger partial charge < -0.3 is 9.75 Å². The van der Waals surface area contributed by atoms with Crippen LogP contribution in [0.25, 0.3) is 0 Å². The molecule has 0 fully saturated rings. The van der Waals surface area contributed by atoms with Crippen molar-refractivity contribution in [1.82, 2.24) is 0 Å². The Kier molecular flexibility index (Phi) is 3.88. The fourth-order valence-electron chi connectivity index (χ4n) is 1.05. The summed E-state index contributed by atoms with van der Waals surface area (Å²) in [7, 11) is 1.73. The van der Waals surface area contributed by atoms with E-state index in [1.807, 2.05) is 0 Å². The summed E-state index contributed by atoms with van der Waals surface area (Å²) in [4.78, 5) is 11.4. The van der Waals surface area contributed by atoms with E-state index in [9.17, 15) is 4.79 Å². The Balaban J connectivity index is 2.71. The van der Waals surface area contributed by atoms with E-state index in [0.717, 1.165) is 5.69 Å². The molecule has 2 N–H and O–H groups in total. The van der Waals surface area contributed by atoms with Crippen molar-refractivity contribution >= 4 is 11.7 Å². The molecule has 0 aliphatic heterocycles. The number of hydrazine groups is 1. The van der Waals surface area contributed by atoms with E-state index in [0.29, 0.717) is 5.56 Å². The molecule has 0 saturated carbocycles. The number of carbonyl (C=O) groups is 1. The third-order valence-electron chi connectivity index (χ3n) is 1.84. The minimum Gasteiger partial charge on any atom is -0.458 e. The quantitative estimate of drug-likeness (QED) is 0.349. The van der Waals surface area contributed by atoms with Gasteiger partial charge in [-0.05, 0) is 24.3 Å².